The zero-order valence-corrected chi connectivity index (χ0v) is 12.6. The van der Waals surface area contributed by atoms with Crippen LogP contribution in [0.2, 0.25) is 0 Å². The summed E-state index contributed by atoms with van der Waals surface area (Å²) in [5.74, 6) is -0.886. The Morgan fingerprint density at radius 1 is 1.33 bits per heavy atom. The number of fused-ring (bicyclic) bond motifs is 1. The Morgan fingerprint density at radius 2 is 2.10 bits per heavy atom. The summed E-state index contributed by atoms with van der Waals surface area (Å²) in [7, 11) is 3.43. The van der Waals surface area contributed by atoms with Crippen molar-refractivity contribution >= 4 is 17.4 Å². The summed E-state index contributed by atoms with van der Waals surface area (Å²) in [5.41, 5.74) is 2.53. The molecule has 2 atom stereocenters. The van der Waals surface area contributed by atoms with Crippen LogP contribution in [0.1, 0.15) is 24.8 Å². The lowest BCUT2D eigenvalue weighted by Gasteiger charge is -2.46. The lowest BCUT2D eigenvalue weighted by Crippen LogP contribution is -2.48. The fraction of sp³-hybridized carbons (Fsp3) is 0.529. The number of carbonyl (C=O) groups excluding carboxylic acids is 2. The molecule has 1 aliphatic heterocycles. The van der Waals surface area contributed by atoms with Crippen molar-refractivity contribution in [3.05, 3.63) is 29.8 Å². The Kier molecular flexibility index (Phi) is 3.47. The van der Waals surface area contributed by atoms with E-state index in [-0.39, 0.29) is 17.2 Å². The number of hydrogen-bond acceptors (Lipinski definition) is 4. The van der Waals surface area contributed by atoms with Crippen LogP contribution >= 0.6 is 0 Å². The molecule has 0 radical (unpaired) electrons. The van der Waals surface area contributed by atoms with Gasteiger partial charge in [0.2, 0.25) is 0 Å². The van der Waals surface area contributed by atoms with Crippen LogP contribution in [0.15, 0.2) is 24.3 Å². The Morgan fingerprint density at radius 3 is 2.81 bits per heavy atom. The fourth-order valence-corrected chi connectivity index (χ4v) is 3.95. The van der Waals surface area contributed by atoms with E-state index in [2.05, 4.69) is 24.1 Å². The number of benzene rings is 1. The molecule has 0 aromatic heterocycles. The van der Waals surface area contributed by atoms with Crippen molar-refractivity contribution in [3.63, 3.8) is 0 Å². The van der Waals surface area contributed by atoms with Crippen LogP contribution in [0.5, 0.6) is 0 Å². The molecule has 0 saturated heterocycles. The number of Topliss-reactive ketones (excluding diaryl/α,β-unsaturated/α-hetero) is 1. The van der Waals surface area contributed by atoms with Crippen LogP contribution in [-0.4, -0.2) is 32.5 Å². The molecule has 4 heteroatoms. The van der Waals surface area contributed by atoms with E-state index in [9.17, 15) is 9.59 Å². The zero-order chi connectivity index (χ0) is 15.0. The first kappa shape index (κ1) is 14.1. The molecule has 21 heavy (non-hydrogen) atoms. The average molecular weight is 287 g/mol. The van der Waals surface area contributed by atoms with Gasteiger partial charge in [0.05, 0.1) is 7.11 Å². The molecule has 0 bridgehead atoms. The highest BCUT2D eigenvalue weighted by Gasteiger charge is 2.45. The quantitative estimate of drug-likeness (QED) is 0.587. The van der Waals surface area contributed by atoms with Gasteiger partial charge < -0.3 is 9.64 Å². The van der Waals surface area contributed by atoms with Gasteiger partial charge in [0.1, 0.15) is 11.7 Å². The van der Waals surface area contributed by atoms with E-state index in [4.69, 9.17) is 4.74 Å². The van der Waals surface area contributed by atoms with Gasteiger partial charge in [-0.2, -0.15) is 0 Å². The predicted octanol–water partition coefficient (Wildman–Crippen LogP) is 2.21. The normalized spacial score (nSPS) is 28.4. The summed E-state index contributed by atoms with van der Waals surface area (Å²) in [6.45, 7) is 0.879. The smallest absolute Gasteiger partial charge is 0.316 e. The van der Waals surface area contributed by atoms with Gasteiger partial charge in [-0.15, -0.1) is 0 Å². The Balaban J connectivity index is 1.82. The highest BCUT2D eigenvalue weighted by Crippen LogP contribution is 2.45. The Hall–Kier alpha value is -1.84. The van der Waals surface area contributed by atoms with Gasteiger partial charge in [0, 0.05) is 25.7 Å². The predicted molar refractivity (Wildman–Crippen MR) is 80.2 cm³/mol. The third-order valence-electron chi connectivity index (χ3n) is 4.93. The summed E-state index contributed by atoms with van der Waals surface area (Å²) in [6.07, 6.45) is 2.91. The van der Waals surface area contributed by atoms with Crippen molar-refractivity contribution in [2.24, 2.45) is 11.3 Å². The molecule has 0 amide bonds. The number of rotatable bonds is 1. The highest BCUT2D eigenvalue weighted by atomic mass is 16.5. The molecule has 4 nitrogen and oxygen atoms in total. The van der Waals surface area contributed by atoms with Gasteiger partial charge in [-0.25, -0.2) is 0 Å². The fourth-order valence-electron chi connectivity index (χ4n) is 3.95. The Labute approximate surface area is 125 Å². The van der Waals surface area contributed by atoms with Crippen LogP contribution in [0.25, 0.3) is 0 Å². The van der Waals surface area contributed by atoms with E-state index in [1.54, 1.807) is 0 Å². The minimum absolute atomic E-state index is 0.0231. The largest absolute Gasteiger partial charge is 0.468 e. The molecule has 2 aliphatic rings. The second-order valence-electron chi connectivity index (χ2n) is 6.42. The van der Waals surface area contributed by atoms with Gasteiger partial charge in [-0.05, 0) is 36.3 Å². The number of hydrogen-bond donors (Lipinski definition) is 0. The average Bonchev–Trinajstić information content (AvgIpc) is 2.46. The van der Waals surface area contributed by atoms with Crippen molar-refractivity contribution < 1.29 is 14.3 Å². The number of nitrogens with zero attached hydrogens (tertiary/aromatic N) is 1. The molecule has 0 N–H and O–H groups in total. The van der Waals surface area contributed by atoms with E-state index in [1.807, 2.05) is 12.1 Å². The maximum atomic E-state index is 12.4. The number of anilines is 1. The SMILES string of the molecule is COC(=O)C1CC[C@]2(CC1=O)Cc1ccccc1N(C)C2. The van der Waals surface area contributed by atoms with Crippen LogP contribution in [-0.2, 0) is 20.7 Å². The van der Waals surface area contributed by atoms with E-state index < -0.39 is 5.92 Å². The lowest BCUT2D eigenvalue weighted by atomic mass is 9.65. The first-order chi connectivity index (χ1) is 10.0. The van der Waals surface area contributed by atoms with E-state index >= 15 is 0 Å². The summed E-state index contributed by atoms with van der Waals surface area (Å²) in [6, 6.07) is 8.37. The molecule has 1 aromatic rings. The standard InChI is InChI=1S/C17H21NO3/c1-18-11-17(9-12-5-3-4-6-14(12)18)8-7-13(15(19)10-17)16(20)21-2/h3-6,13H,7-11H2,1-2H3/t13?,17-/m1/s1. The minimum atomic E-state index is -0.553. The molecule has 1 aliphatic carbocycles. The van der Waals surface area contributed by atoms with Crippen molar-refractivity contribution in [2.75, 3.05) is 25.6 Å². The van der Waals surface area contributed by atoms with E-state index in [0.29, 0.717) is 12.8 Å². The second-order valence-corrected chi connectivity index (χ2v) is 6.42. The lowest BCUT2D eigenvalue weighted by molar-refractivity contribution is -0.152. The molecule has 1 saturated carbocycles. The van der Waals surface area contributed by atoms with Crippen LogP contribution in [0, 0.1) is 11.3 Å². The van der Waals surface area contributed by atoms with Gasteiger partial charge in [-0.1, -0.05) is 18.2 Å². The van der Waals surface area contributed by atoms with Gasteiger partial charge in [0.25, 0.3) is 0 Å². The summed E-state index contributed by atoms with van der Waals surface area (Å²) in [5, 5.41) is 0. The van der Waals surface area contributed by atoms with Crippen molar-refractivity contribution in [3.8, 4) is 0 Å². The number of esters is 1. The molecular formula is C17H21NO3. The van der Waals surface area contributed by atoms with Crippen LogP contribution < -0.4 is 4.90 Å². The van der Waals surface area contributed by atoms with Crippen molar-refractivity contribution in [1.82, 2.24) is 0 Å². The number of methoxy groups -OCH3 is 1. The highest BCUT2D eigenvalue weighted by molar-refractivity contribution is 5.99. The summed E-state index contributed by atoms with van der Waals surface area (Å²) >= 11 is 0. The van der Waals surface area contributed by atoms with Gasteiger partial charge in [0.15, 0.2) is 0 Å². The van der Waals surface area contributed by atoms with Crippen molar-refractivity contribution in [1.29, 1.82) is 0 Å². The Bertz CT molecular complexity index is 583. The zero-order valence-electron chi connectivity index (χ0n) is 12.6. The van der Waals surface area contributed by atoms with E-state index in [1.165, 1.54) is 18.4 Å². The molecular weight excluding hydrogens is 266 g/mol. The number of ether oxygens (including phenoxy) is 1. The van der Waals surface area contributed by atoms with Gasteiger partial charge >= 0.3 is 5.97 Å². The molecule has 1 aromatic carbocycles. The van der Waals surface area contributed by atoms with Crippen LogP contribution in [0.4, 0.5) is 5.69 Å². The molecule has 1 unspecified atom stereocenters. The molecule has 1 fully saturated rings. The maximum Gasteiger partial charge on any atom is 0.316 e. The first-order valence-electron chi connectivity index (χ1n) is 7.44. The van der Waals surface area contributed by atoms with Crippen LogP contribution in [0.3, 0.4) is 0 Å². The van der Waals surface area contributed by atoms with Crippen molar-refractivity contribution in [2.45, 2.75) is 25.7 Å². The summed E-state index contributed by atoms with van der Waals surface area (Å²) < 4.78 is 4.74. The minimum Gasteiger partial charge on any atom is -0.468 e. The third-order valence-corrected chi connectivity index (χ3v) is 4.93. The molecule has 3 rings (SSSR count). The number of para-hydroxylation sites is 1. The number of ketones is 1. The maximum absolute atomic E-state index is 12.4. The second kappa shape index (κ2) is 5.17. The topological polar surface area (TPSA) is 46.6 Å². The van der Waals surface area contributed by atoms with E-state index in [0.717, 1.165) is 19.4 Å². The first-order valence-corrected chi connectivity index (χ1v) is 7.44. The monoisotopic (exact) mass is 287 g/mol. The summed E-state index contributed by atoms with van der Waals surface area (Å²) in [4.78, 5) is 26.3. The third kappa shape index (κ3) is 2.43. The van der Waals surface area contributed by atoms with Gasteiger partial charge in [-0.3, -0.25) is 9.59 Å². The molecule has 1 spiro atoms. The number of carbonyl (C=O) groups is 2. The molecule has 112 valence electrons. The molecule has 1 heterocycles.